The molecule has 8 heteroatoms. The van der Waals surface area contributed by atoms with Crippen LogP contribution >= 0.6 is 27.3 Å². The average Bonchev–Trinajstić information content (AvgIpc) is 3.36. The number of anilines is 1. The van der Waals surface area contributed by atoms with E-state index in [4.69, 9.17) is 0 Å². The first-order valence-corrected chi connectivity index (χ1v) is 13.5. The minimum absolute atomic E-state index is 0.291. The number of halogens is 1. The third-order valence-corrected chi connectivity index (χ3v) is 7.05. The maximum Gasteiger partial charge on any atom is 0.251 e. The van der Waals surface area contributed by atoms with Crippen molar-refractivity contribution in [3.05, 3.63) is 100 Å². The van der Waals surface area contributed by atoms with E-state index in [0.29, 0.717) is 22.1 Å². The molecule has 0 aliphatic carbocycles. The first-order valence-electron chi connectivity index (χ1n) is 11.9. The lowest BCUT2D eigenvalue weighted by molar-refractivity contribution is -0.118. The number of carbonyl (C=O) groups is 2. The van der Waals surface area contributed by atoms with E-state index >= 15 is 0 Å². The second-order valence-corrected chi connectivity index (χ2v) is 10.3. The lowest BCUT2D eigenvalue weighted by Crippen LogP contribution is -2.45. The largest absolute Gasteiger partial charge is 0.340 e. The summed E-state index contributed by atoms with van der Waals surface area (Å²) in [7, 11) is 0. The monoisotopic (exact) mass is 562 g/mol. The molecule has 0 saturated carbocycles. The van der Waals surface area contributed by atoms with Crippen LogP contribution in [0.4, 0.5) is 5.13 Å². The van der Waals surface area contributed by atoms with Crippen molar-refractivity contribution in [1.29, 1.82) is 0 Å². The number of aromatic nitrogens is 2. The molecule has 2 amide bonds. The smallest absolute Gasteiger partial charge is 0.251 e. The third kappa shape index (κ3) is 7.08. The molecule has 4 aromatic rings. The number of carbonyl (C=O) groups excluding carboxylic acids is 2. The van der Waals surface area contributed by atoms with Gasteiger partial charge in [-0.05, 0) is 48.2 Å². The normalized spacial score (nSPS) is 11.6. The van der Waals surface area contributed by atoms with Gasteiger partial charge in [-0.15, -0.1) is 10.2 Å². The van der Waals surface area contributed by atoms with Crippen LogP contribution in [0.2, 0.25) is 0 Å². The van der Waals surface area contributed by atoms with Gasteiger partial charge in [0.1, 0.15) is 11.0 Å². The molecule has 0 radical (unpaired) electrons. The van der Waals surface area contributed by atoms with E-state index in [-0.39, 0.29) is 11.8 Å². The van der Waals surface area contributed by atoms with Crippen molar-refractivity contribution < 1.29 is 9.59 Å². The molecule has 1 aromatic heterocycles. The number of aryl methyl sites for hydroxylation is 1. The van der Waals surface area contributed by atoms with Crippen LogP contribution < -0.4 is 10.6 Å². The van der Waals surface area contributed by atoms with E-state index in [1.54, 1.807) is 0 Å². The van der Waals surface area contributed by atoms with Crippen LogP contribution in [0.15, 0.2) is 83.3 Å². The summed E-state index contributed by atoms with van der Waals surface area (Å²) in [5.41, 5.74) is 3.57. The van der Waals surface area contributed by atoms with Gasteiger partial charge in [0.2, 0.25) is 11.0 Å². The zero-order valence-corrected chi connectivity index (χ0v) is 22.3. The molecule has 0 spiro atoms. The van der Waals surface area contributed by atoms with Crippen LogP contribution in [-0.2, 0) is 17.6 Å². The molecule has 36 heavy (non-hydrogen) atoms. The van der Waals surface area contributed by atoms with E-state index in [1.807, 2.05) is 78.9 Å². The first-order chi connectivity index (χ1) is 17.5. The van der Waals surface area contributed by atoms with Gasteiger partial charge in [0, 0.05) is 22.0 Å². The quantitative estimate of drug-likeness (QED) is 0.238. The van der Waals surface area contributed by atoms with Crippen molar-refractivity contribution >= 4 is 44.2 Å². The van der Waals surface area contributed by atoms with E-state index in [2.05, 4.69) is 43.7 Å². The van der Waals surface area contributed by atoms with Crippen LogP contribution in [-0.4, -0.2) is 28.1 Å². The van der Waals surface area contributed by atoms with Crippen molar-refractivity contribution in [2.45, 2.75) is 38.6 Å². The van der Waals surface area contributed by atoms with Gasteiger partial charge in [0.25, 0.3) is 5.91 Å². The fourth-order valence-corrected chi connectivity index (χ4v) is 4.85. The maximum absolute atomic E-state index is 13.3. The standard InChI is InChI=1S/C28H27BrN4O2S/c1-2-3-8-19-13-15-21(16-14-19)25(34)30-24(17-20-9-5-4-6-10-20)26(35)31-28-33-32-27(36-28)22-11-7-12-23(29)18-22/h4-7,9-16,18,24H,2-3,8,17H2,1H3,(H,30,34)(H,31,33,35)/t24-/m0/s1. The fraction of sp³-hybridized carbons (Fsp3) is 0.214. The Labute approximate surface area is 223 Å². The van der Waals surface area contributed by atoms with Crippen LogP contribution in [0.1, 0.15) is 41.3 Å². The van der Waals surface area contributed by atoms with Gasteiger partial charge < -0.3 is 5.32 Å². The number of nitrogens with zero attached hydrogens (tertiary/aromatic N) is 2. The molecule has 0 bridgehead atoms. The topological polar surface area (TPSA) is 84.0 Å². The molecule has 1 atom stereocenters. The molecule has 0 fully saturated rings. The highest BCUT2D eigenvalue weighted by Crippen LogP contribution is 2.28. The number of hydrogen-bond acceptors (Lipinski definition) is 5. The van der Waals surface area contributed by atoms with Crippen molar-refractivity contribution in [1.82, 2.24) is 15.5 Å². The number of hydrogen-bond donors (Lipinski definition) is 2. The Kier molecular flexibility index (Phi) is 8.97. The van der Waals surface area contributed by atoms with Gasteiger partial charge in [-0.25, -0.2) is 0 Å². The van der Waals surface area contributed by atoms with E-state index < -0.39 is 6.04 Å². The minimum Gasteiger partial charge on any atom is -0.340 e. The maximum atomic E-state index is 13.3. The highest BCUT2D eigenvalue weighted by Gasteiger charge is 2.23. The number of nitrogens with one attached hydrogen (secondary N) is 2. The van der Waals surface area contributed by atoms with Gasteiger partial charge >= 0.3 is 0 Å². The molecule has 6 nitrogen and oxygen atoms in total. The van der Waals surface area contributed by atoms with Crippen molar-refractivity contribution in [2.75, 3.05) is 5.32 Å². The predicted octanol–water partition coefficient (Wildman–Crippen LogP) is 6.29. The molecule has 4 rings (SSSR count). The van der Waals surface area contributed by atoms with Gasteiger partial charge in [0.15, 0.2) is 0 Å². The predicted molar refractivity (Wildman–Crippen MR) is 148 cm³/mol. The average molecular weight is 564 g/mol. The molecule has 0 aliphatic rings. The zero-order valence-electron chi connectivity index (χ0n) is 19.9. The Bertz CT molecular complexity index is 1310. The van der Waals surface area contributed by atoms with E-state index in [1.165, 1.54) is 16.9 Å². The number of benzene rings is 3. The van der Waals surface area contributed by atoms with Crippen molar-refractivity contribution in [3.63, 3.8) is 0 Å². The minimum atomic E-state index is -0.780. The Morgan fingerprint density at radius 1 is 0.944 bits per heavy atom. The highest BCUT2D eigenvalue weighted by atomic mass is 79.9. The van der Waals surface area contributed by atoms with Crippen LogP contribution in [0, 0.1) is 0 Å². The van der Waals surface area contributed by atoms with Gasteiger partial charge in [-0.1, -0.05) is 95.2 Å². The molecular weight excluding hydrogens is 536 g/mol. The second kappa shape index (κ2) is 12.6. The summed E-state index contributed by atoms with van der Waals surface area (Å²) in [4.78, 5) is 26.3. The first kappa shape index (κ1) is 25.7. The number of rotatable bonds is 10. The molecule has 0 aliphatic heterocycles. The zero-order chi connectivity index (χ0) is 25.3. The van der Waals surface area contributed by atoms with Crippen LogP contribution in [0.25, 0.3) is 10.6 Å². The highest BCUT2D eigenvalue weighted by molar-refractivity contribution is 9.10. The Morgan fingerprint density at radius 2 is 1.72 bits per heavy atom. The lowest BCUT2D eigenvalue weighted by Gasteiger charge is -2.18. The van der Waals surface area contributed by atoms with Crippen LogP contribution in [0.3, 0.4) is 0 Å². The van der Waals surface area contributed by atoms with E-state index in [0.717, 1.165) is 34.9 Å². The SMILES string of the molecule is CCCCc1ccc(C(=O)N[C@@H](Cc2ccccc2)C(=O)Nc2nnc(-c3cccc(Br)c3)s2)cc1. The molecule has 3 aromatic carbocycles. The Balaban J connectivity index is 1.48. The van der Waals surface area contributed by atoms with Gasteiger partial charge in [0.05, 0.1) is 0 Å². The molecule has 184 valence electrons. The van der Waals surface area contributed by atoms with Crippen molar-refractivity contribution in [2.24, 2.45) is 0 Å². The second-order valence-electron chi connectivity index (χ2n) is 8.43. The van der Waals surface area contributed by atoms with Gasteiger partial charge in [-0.2, -0.15) is 0 Å². The Hall–Kier alpha value is -3.36. The summed E-state index contributed by atoms with van der Waals surface area (Å²) in [5.74, 6) is -0.635. The summed E-state index contributed by atoms with van der Waals surface area (Å²) in [6.07, 6.45) is 3.57. The number of unbranched alkanes of at least 4 members (excludes halogenated alkanes) is 1. The molecule has 1 heterocycles. The third-order valence-electron chi connectivity index (χ3n) is 5.67. The summed E-state index contributed by atoms with van der Waals surface area (Å²) < 4.78 is 0.935. The number of amides is 2. The summed E-state index contributed by atoms with van der Waals surface area (Å²) in [5, 5.41) is 15.2. The summed E-state index contributed by atoms with van der Waals surface area (Å²) in [6, 6.07) is 24.1. The van der Waals surface area contributed by atoms with Crippen LogP contribution in [0.5, 0.6) is 0 Å². The molecule has 2 N–H and O–H groups in total. The lowest BCUT2D eigenvalue weighted by atomic mass is 10.0. The summed E-state index contributed by atoms with van der Waals surface area (Å²) >= 11 is 4.74. The van der Waals surface area contributed by atoms with Crippen molar-refractivity contribution in [3.8, 4) is 10.6 Å². The van der Waals surface area contributed by atoms with E-state index in [9.17, 15) is 9.59 Å². The fourth-order valence-electron chi connectivity index (χ4n) is 3.71. The van der Waals surface area contributed by atoms with Gasteiger partial charge in [-0.3, -0.25) is 14.9 Å². The molecular formula is C28H27BrN4O2S. The molecule has 0 unspecified atom stereocenters. The summed E-state index contributed by atoms with van der Waals surface area (Å²) in [6.45, 7) is 2.16. The Morgan fingerprint density at radius 3 is 2.44 bits per heavy atom. The molecule has 0 saturated heterocycles.